The van der Waals surface area contributed by atoms with E-state index in [1.165, 1.54) is 48.5 Å². The average molecular weight is 459 g/mol. The van der Waals surface area contributed by atoms with Crippen molar-refractivity contribution in [2.75, 3.05) is 11.3 Å². The van der Waals surface area contributed by atoms with Gasteiger partial charge in [0.25, 0.3) is 21.8 Å². The van der Waals surface area contributed by atoms with Crippen molar-refractivity contribution in [3.8, 4) is 17.4 Å². The van der Waals surface area contributed by atoms with E-state index in [9.17, 15) is 28.2 Å². The minimum absolute atomic E-state index is 0.0755. The van der Waals surface area contributed by atoms with Crippen LogP contribution in [-0.2, 0) is 14.8 Å². The predicted octanol–water partition coefficient (Wildman–Crippen LogP) is 2.36. The fraction of sp³-hybridized carbons (Fsp3) is 0.238. The first-order valence-electron chi connectivity index (χ1n) is 9.88. The highest BCUT2D eigenvalue weighted by Gasteiger charge is 2.32. The van der Waals surface area contributed by atoms with E-state index in [-0.39, 0.29) is 34.5 Å². The summed E-state index contributed by atoms with van der Waals surface area (Å²) >= 11 is 0. The Morgan fingerprint density at radius 2 is 1.81 bits per heavy atom. The van der Waals surface area contributed by atoms with Gasteiger partial charge in [0.05, 0.1) is 28.4 Å². The molecular weight excluding hydrogens is 438 g/mol. The number of aromatic nitrogens is 2. The van der Waals surface area contributed by atoms with Gasteiger partial charge >= 0.3 is 11.7 Å². The number of rotatable bonds is 7. The molecule has 11 heteroatoms. The van der Waals surface area contributed by atoms with Crippen LogP contribution >= 0.6 is 0 Å². The second-order valence-electron chi connectivity index (χ2n) is 7.27. The SMILES string of the molecule is CCOC(=O)c1ccc(S(=O)(=O)Nc2cccc(-n3c(O)c(O)n(C4CC4)c3=O)c2)cc1. The summed E-state index contributed by atoms with van der Waals surface area (Å²) in [5, 5.41) is 20.4. The molecule has 1 aliphatic carbocycles. The molecule has 32 heavy (non-hydrogen) atoms. The summed E-state index contributed by atoms with van der Waals surface area (Å²) < 4.78 is 34.8. The molecule has 2 aromatic carbocycles. The number of nitrogens with one attached hydrogen (secondary N) is 1. The summed E-state index contributed by atoms with van der Waals surface area (Å²) in [5.41, 5.74) is -0.0679. The summed E-state index contributed by atoms with van der Waals surface area (Å²) in [5.74, 6) is -1.69. The first kappa shape index (κ1) is 21.5. The Morgan fingerprint density at radius 3 is 2.44 bits per heavy atom. The highest BCUT2D eigenvalue weighted by molar-refractivity contribution is 7.92. The normalized spacial score (nSPS) is 13.7. The molecule has 1 heterocycles. The van der Waals surface area contributed by atoms with Gasteiger partial charge in [-0.2, -0.15) is 0 Å². The van der Waals surface area contributed by atoms with Gasteiger partial charge in [-0.25, -0.2) is 22.6 Å². The molecule has 0 radical (unpaired) electrons. The molecule has 0 amide bonds. The summed E-state index contributed by atoms with van der Waals surface area (Å²) in [4.78, 5) is 24.3. The third-order valence-electron chi connectivity index (χ3n) is 4.98. The van der Waals surface area contributed by atoms with Crippen molar-refractivity contribution in [1.29, 1.82) is 0 Å². The van der Waals surface area contributed by atoms with Crippen molar-refractivity contribution < 1.29 is 28.2 Å². The molecule has 1 aliphatic rings. The molecule has 4 rings (SSSR count). The van der Waals surface area contributed by atoms with E-state index in [4.69, 9.17) is 4.74 Å². The first-order chi connectivity index (χ1) is 15.2. The van der Waals surface area contributed by atoms with Gasteiger partial charge in [-0.15, -0.1) is 0 Å². The minimum atomic E-state index is -4.00. The van der Waals surface area contributed by atoms with Crippen molar-refractivity contribution >= 4 is 21.7 Å². The zero-order valence-corrected chi connectivity index (χ0v) is 17.9. The monoisotopic (exact) mass is 459 g/mol. The lowest BCUT2D eigenvalue weighted by Gasteiger charge is -2.10. The zero-order chi connectivity index (χ0) is 23.0. The average Bonchev–Trinajstić information content (AvgIpc) is 3.56. The number of nitrogens with zero attached hydrogens (tertiary/aromatic N) is 2. The summed E-state index contributed by atoms with van der Waals surface area (Å²) in [6.45, 7) is 1.88. The number of aromatic hydroxyl groups is 2. The largest absolute Gasteiger partial charge is 0.491 e. The van der Waals surface area contributed by atoms with Crippen LogP contribution in [0.5, 0.6) is 11.8 Å². The maximum absolute atomic E-state index is 12.8. The summed E-state index contributed by atoms with van der Waals surface area (Å²) in [7, 11) is -4.00. The van der Waals surface area contributed by atoms with Crippen LogP contribution in [0.3, 0.4) is 0 Å². The zero-order valence-electron chi connectivity index (χ0n) is 17.1. The highest BCUT2D eigenvalue weighted by Crippen LogP contribution is 2.40. The van der Waals surface area contributed by atoms with E-state index < -0.39 is 33.4 Å². The number of carbonyl (C=O) groups excluding carboxylic acids is 1. The molecule has 0 saturated heterocycles. The molecular formula is C21H21N3O7S. The van der Waals surface area contributed by atoms with Gasteiger partial charge < -0.3 is 14.9 Å². The number of hydrogen-bond acceptors (Lipinski definition) is 7. The van der Waals surface area contributed by atoms with Crippen molar-refractivity contribution in [2.45, 2.75) is 30.7 Å². The molecule has 3 aromatic rings. The molecule has 10 nitrogen and oxygen atoms in total. The van der Waals surface area contributed by atoms with E-state index in [2.05, 4.69) is 4.72 Å². The lowest BCUT2D eigenvalue weighted by atomic mass is 10.2. The van der Waals surface area contributed by atoms with Gasteiger partial charge in [-0.05, 0) is 62.2 Å². The standard InChI is InChI=1S/C21H21N3O7S/c1-2-31-20(27)13-6-10-17(11-7-13)32(29,30)22-14-4-3-5-16(12-14)24-19(26)18(25)23(21(24)28)15-8-9-15/h3-7,10-12,15,22,25-26H,2,8-9H2,1H3. The van der Waals surface area contributed by atoms with Crippen LogP contribution in [0.1, 0.15) is 36.2 Å². The Hall–Kier alpha value is -3.73. The second-order valence-corrected chi connectivity index (χ2v) is 8.95. The van der Waals surface area contributed by atoms with Gasteiger partial charge in [-0.3, -0.25) is 9.29 Å². The molecule has 0 bridgehead atoms. The smallest absolute Gasteiger partial charge is 0.338 e. The van der Waals surface area contributed by atoms with Gasteiger partial charge in [0.2, 0.25) is 0 Å². The van der Waals surface area contributed by atoms with Gasteiger partial charge in [0.1, 0.15) is 0 Å². The molecule has 3 N–H and O–H groups in total. The molecule has 0 spiro atoms. The topological polar surface area (TPSA) is 140 Å². The van der Waals surface area contributed by atoms with Crippen LogP contribution in [-0.4, -0.2) is 40.3 Å². The van der Waals surface area contributed by atoms with E-state index >= 15 is 0 Å². The third kappa shape index (κ3) is 3.94. The maximum atomic E-state index is 12.8. The van der Waals surface area contributed by atoms with E-state index in [0.29, 0.717) is 0 Å². The number of sulfonamides is 1. The second kappa shape index (κ2) is 8.08. The lowest BCUT2D eigenvalue weighted by molar-refractivity contribution is 0.0526. The van der Waals surface area contributed by atoms with Gasteiger partial charge in [-0.1, -0.05) is 6.07 Å². The number of anilines is 1. The molecule has 0 atom stereocenters. The number of hydrogen-bond donors (Lipinski definition) is 3. The Balaban J connectivity index is 1.62. The van der Waals surface area contributed by atoms with Crippen molar-refractivity contribution in [3.63, 3.8) is 0 Å². The van der Waals surface area contributed by atoms with E-state index in [1.54, 1.807) is 6.92 Å². The first-order valence-corrected chi connectivity index (χ1v) is 11.4. The number of ether oxygens (including phenoxy) is 1. The molecule has 1 aromatic heterocycles. The Labute approximate surface area is 183 Å². The molecule has 1 saturated carbocycles. The Kier molecular flexibility index (Phi) is 5.43. The number of benzene rings is 2. The Morgan fingerprint density at radius 1 is 1.12 bits per heavy atom. The lowest BCUT2D eigenvalue weighted by Crippen LogP contribution is -2.22. The fourth-order valence-corrected chi connectivity index (χ4v) is 4.35. The number of esters is 1. The molecule has 0 unspecified atom stereocenters. The van der Waals surface area contributed by atoms with E-state index in [1.807, 2.05) is 0 Å². The van der Waals surface area contributed by atoms with Crippen molar-refractivity contribution in [2.24, 2.45) is 0 Å². The minimum Gasteiger partial charge on any atom is -0.491 e. The summed E-state index contributed by atoms with van der Waals surface area (Å²) in [6.07, 6.45) is 1.46. The highest BCUT2D eigenvalue weighted by atomic mass is 32.2. The number of carbonyl (C=O) groups is 1. The fourth-order valence-electron chi connectivity index (χ4n) is 3.30. The van der Waals surface area contributed by atoms with Gasteiger partial charge in [0.15, 0.2) is 0 Å². The van der Waals surface area contributed by atoms with Gasteiger partial charge in [0, 0.05) is 6.04 Å². The van der Waals surface area contributed by atoms with Crippen molar-refractivity contribution in [3.05, 3.63) is 64.6 Å². The number of imidazole rings is 1. The molecule has 168 valence electrons. The predicted molar refractivity (Wildman–Crippen MR) is 115 cm³/mol. The maximum Gasteiger partial charge on any atom is 0.338 e. The van der Waals surface area contributed by atoms with Crippen LogP contribution in [0.25, 0.3) is 5.69 Å². The van der Waals surface area contributed by atoms with Crippen LogP contribution in [0.15, 0.2) is 58.2 Å². The molecule has 0 aliphatic heterocycles. The van der Waals surface area contributed by atoms with Crippen LogP contribution in [0.4, 0.5) is 5.69 Å². The van der Waals surface area contributed by atoms with Crippen LogP contribution < -0.4 is 10.4 Å². The van der Waals surface area contributed by atoms with Crippen molar-refractivity contribution in [1.82, 2.24) is 9.13 Å². The third-order valence-corrected chi connectivity index (χ3v) is 6.38. The Bertz CT molecular complexity index is 1340. The molecule has 1 fully saturated rings. The van der Waals surface area contributed by atoms with Crippen LogP contribution in [0.2, 0.25) is 0 Å². The quantitative estimate of drug-likeness (QED) is 0.461. The van der Waals surface area contributed by atoms with E-state index in [0.717, 1.165) is 22.0 Å². The summed E-state index contributed by atoms with van der Waals surface area (Å²) in [6, 6.07) is 11.0. The van der Waals surface area contributed by atoms with Crippen LogP contribution in [0, 0.1) is 0 Å².